The van der Waals surface area contributed by atoms with Crippen molar-refractivity contribution in [3.8, 4) is 5.75 Å². The summed E-state index contributed by atoms with van der Waals surface area (Å²) in [7, 11) is 0. The van der Waals surface area contributed by atoms with E-state index in [4.69, 9.17) is 16.3 Å². The molecule has 1 saturated carbocycles. The summed E-state index contributed by atoms with van der Waals surface area (Å²) in [5.41, 5.74) is 4.60. The first-order valence-corrected chi connectivity index (χ1v) is 11.7. The highest BCUT2D eigenvalue weighted by Crippen LogP contribution is 2.49. The van der Waals surface area contributed by atoms with E-state index in [1.807, 2.05) is 6.92 Å². The number of hydrogen-bond donors (Lipinski definition) is 1. The fourth-order valence-electron chi connectivity index (χ4n) is 5.24. The van der Waals surface area contributed by atoms with Gasteiger partial charge in [0.25, 0.3) is 0 Å². The van der Waals surface area contributed by atoms with Crippen molar-refractivity contribution in [1.82, 2.24) is 4.98 Å². The van der Waals surface area contributed by atoms with Crippen LogP contribution in [0.2, 0.25) is 5.02 Å². The Hall–Kier alpha value is -1.62. The van der Waals surface area contributed by atoms with Gasteiger partial charge in [0, 0.05) is 17.0 Å². The van der Waals surface area contributed by atoms with Gasteiger partial charge in [-0.05, 0) is 80.3 Å². The highest BCUT2D eigenvalue weighted by atomic mass is 35.5. The van der Waals surface area contributed by atoms with Gasteiger partial charge in [-0.3, -0.25) is 0 Å². The predicted molar refractivity (Wildman–Crippen MR) is 119 cm³/mol. The summed E-state index contributed by atoms with van der Waals surface area (Å²) in [6.07, 6.45) is 4.72. The van der Waals surface area contributed by atoms with Gasteiger partial charge in [-0.2, -0.15) is 0 Å². The van der Waals surface area contributed by atoms with Gasteiger partial charge in [-0.25, -0.2) is 4.98 Å². The molecule has 0 aliphatic heterocycles. The lowest BCUT2D eigenvalue weighted by atomic mass is 9.76. The average Bonchev–Trinajstić information content (AvgIpc) is 3.21. The number of thiazole rings is 1. The van der Waals surface area contributed by atoms with Gasteiger partial charge in [0.05, 0.1) is 21.3 Å². The number of aliphatic hydroxyl groups excluding tert-OH is 1. The average molecular weight is 428 g/mol. The van der Waals surface area contributed by atoms with Crippen LogP contribution in [0.3, 0.4) is 0 Å². The molecule has 29 heavy (non-hydrogen) atoms. The molecule has 4 atom stereocenters. The molecule has 0 saturated heterocycles. The number of fused-ring (bicyclic) bond motifs is 2. The summed E-state index contributed by atoms with van der Waals surface area (Å²) in [5.74, 6) is 1.66. The molecule has 3 aromatic rings. The first-order valence-electron chi connectivity index (χ1n) is 10.5. The summed E-state index contributed by atoms with van der Waals surface area (Å²) >= 11 is 8.35. The molecular formula is C24H26ClNO2S. The fourth-order valence-corrected chi connectivity index (χ4v) is 6.40. The Morgan fingerprint density at radius 3 is 2.86 bits per heavy atom. The predicted octanol–water partition coefficient (Wildman–Crippen LogP) is 6.41. The molecule has 2 aromatic carbocycles. The number of hydrogen-bond acceptors (Lipinski definition) is 4. The third-order valence-corrected chi connectivity index (χ3v) is 7.82. The molecule has 2 aliphatic carbocycles. The lowest BCUT2D eigenvalue weighted by Crippen LogP contribution is -2.29. The van der Waals surface area contributed by atoms with Crippen molar-refractivity contribution in [2.45, 2.75) is 58.2 Å². The molecule has 1 N–H and O–H groups in total. The molecule has 5 rings (SSSR count). The smallest absolute Gasteiger partial charge is 0.127 e. The SMILES string of the molecule is Cc1cc(Cl)c2c(c1)C(Oc1ccc3sc(C)nc3c1)C(C1CCCC(O)C1)C2. The minimum absolute atomic E-state index is 0.0325. The Bertz CT molecular complexity index is 1060. The zero-order valence-corrected chi connectivity index (χ0v) is 18.4. The molecule has 0 bridgehead atoms. The molecule has 1 heterocycles. The minimum atomic E-state index is -0.190. The Labute approximate surface area is 180 Å². The number of halogens is 1. The lowest BCUT2D eigenvalue weighted by molar-refractivity contribution is 0.0409. The molecule has 3 nitrogen and oxygen atoms in total. The maximum Gasteiger partial charge on any atom is 0.127 e. The van der Waals surface area contributed by atoms with Crippen molar-refractivity contribution >= 4 is 33.2 Å². The second kappa shape index (κ2) is 7.57. The van der Waals surface area contributed by atoms with Gasteiger partial charge in [0.1, 0.15) is 11.9 Å². The van der Waals surface area contributed by atoms with E-state index in [9.17, 15) is 5.11 Å². The summed E-state index contributed by atoms with van der Waals surface area (Å²) in [6.45, 7) is 4.12. The highest BCUT2D eigenvalue weighted by molar-refractivity contribution is 7.18. The van der Waals surface area contributed by atoms with Crippen molar-refractivity contribution in [3.05, 3.63) is 57.1 Å². The molecule has 1 fully saturated rings. The Balaban J connectivity index is 1.52. The molecule has 4 unspecified atom stereocenters. The number of nitrogens with zero attached hydrogens (tertiary/aromatic N) is 1. The Morgan fingerprint density at radius 2 is 2.03 bits per heavy atom. The third-order valence-electron chi connectivity index (χ3n) is 6.53. The monoisotopic (exact) mass is 427 g/mol. The van der Waals surface area contributed by atoms with Gasteiger partial charge in [0.15, 0.2) is 0 Å². The molecule has 1 aromatic heterocycles. The van der Waals surface area contributed by atoms with E-state index in [0.717, 1.165) is 59.0 Å². The van der Waals surface area contributed by atoms with Crippen molar-refractivity contribution in [2.24, 2.45) is 11.8 Å². The van der Waals surface area contributed by atoms with E-state index in [0.29, 0.717) is 11.8 Å². The van der Waals surface area contributed by atoms with E-state index < -0.39 is 0 Å². The van der Waals surface area contributed by atoms with E-state index >= 15 is 0 Å². The van der Waals surface area contributed by atoms with E-state index in [-0.39, 0.29) is 12.2 Å². The summed E-state index contributed by atoms with van der Waals surface area (Å²) in [6, 6.07) is 10.5. The van der Waals surface area contributed by atoms with Gasteiger partial charge in [0.2, 0.25) is 0 Å². The van der Waals surface area contributed by atoms with Crippen LogP contribution in [-0.2, 0) is 6.42 Å². The molecule has 2 aliphatic rings. The topological polar surface area (TPSA) is 42.4 Å². The minimum Gasteiger partial charge on any atom is -0.485 e. The molecule has 152 valence electrons. The second-order valence-electron chi connectivity index (χ2n) is 8.66. The number of aliphatic hydroxyl groups is 1. The van der Waals surface area contributed by atoms with E-state index in [2.05, 4.69) is 42.2 Å². The van der Waals surface area contributed by atoms with Crippen LogP contribution in [0.4, 0.5) is 0 Å². The summed E-state index contributed by atoms with van der Waals surface area (Å²) < 4.78 is 7.84. The van der Waals surface area contributed by atoms with Crippen molar-refractivity contribution in [1.29, 1.82) is 0 Å². The fraction of sp³-hybridized carbons (Fsp3) is 0.458. The standard InChI is InChI=1S/C24H26ClNO2S/c1-13-8-20-19(21(25)9-13)12-18(15-4-3-5-16(27)10-15)24(20)28-17-6-7-23-22(11-17)26-14(2)29-23/h6-9,11,15-16,18,24,27H,3-5,10,12H2,1-2H3. The molecule has 0 amide bonds. The van der Waals surface area contributed by atoms with Crippen LogP contribution >= 0.6 is 22.9 Å². The molecule has 0 radical (unpaired) electrons. The van der Waals surface area contributed by atoms with Crippen LogP contribution in [0.1, 0.15) is 53.5 Å². The first-order chi connectivity index (χ1) is 14.0. The zero-order valence-electron chi connectivity index (χ0n) is 16.8. The van der Waals surface area contributed by atoms with Crippen LogP contribution in [-0.4, -0.2) is 16.2 Å². The number of aryl methyl sites for hydroxylation is 2. The van der Waals surface area contributed by atoms with Crippen molar-refractivity contribution < 1.29 is 9.84 Å². The Morgan fingerprint density at radius 1 is 1.17 bits per heavy atom. The van der Waals surface area contributed by atoms with Gasteiger partial charge < -0.3 is 9.84 Å². The maximum absolute atomic E-state index is 10.3. The number of benzene rings is 2. The highest BCUT2D eigenvalue weighted by Gasteiger charge is 2.41. The third kappa shape index (κ3) is 3.67. The first kappa shape index (κ1) is 19.3. The second-order valence-corrected chi connectivity index (χ2v) is 10.3. The number of ether oxygens (including phenoxy) is 1. The van der Waals surface area contributed by atoms with Gasteiger partial charge in [-0.15, -0.1) is 11.3 Å². The maximum atomic E-state index is 10.3. The van der Waals surface area contributed by atoms with Crippen LogP contribution in [0.5, 0.6) is 5.75 Å². The number of rotatable bonds is 3. The quantitative estimate of drug-likeness (QED) is 0.525. The van der Waals surface area contributed by atoms with Gasteiger partial charge in [-0.1, -0.05) is 24.1 Å². The van der Waals surface area contributed by atoms with E-state index in [1.54, 1.807) is 11.3 Å². The van der Waals surface area contributed by atoms with Crippen molar-refractivity contribution in [2.75, 3.05) is 0 Å². The molecular weight excluding hydrogens is 402 g/mol. The largest absolute Gasteiger partial charge is 0.485 e. The van der Waals surface area contributed by atoms with Crippen LogP contribution in [0.25, 0.3) is 10.2 Å². The zero-order chi connectivity index (χ0) is 20.1. The summed E-state index contributed by atoms with van der Waals surface area (Å²) in [5, 5.41) is 12.2. The molecule has 0 spiro atoms. The van der Waals surface area contributed by atoms with Gasteiger partial charge >= 0.3 is 0 Å². The molecule has 5 heteroatoms. The van der Waals surface area contributed by atoms with E-state index in [1.165, 1.54) is 15.8 Å². The van der Waals surface area contributed by atoms with Crippen LogP contribution in [0, 0.1) is 25.7 Å². The normalized spacial score (nSPS) is 26.6. The lowest BCUT2D eigenvalue weighted by Gasteiger charge is -2.34. The Kier molecular flexibility index (Phi) is 5.05. The van der Waals surface area contributed by atoms with Crippen molar-refractivity contribution in [3.63, 3.8) is 0 Å². The summed E-state index contributed by atoms with van der Waals surface area (Å²) in [4.78, 5) is 4.62. The van der Waals surface area contributed by atoms with Crippen LogP contribution in [0.15, 0.2) is 30.3 Å². The van der Waals surface area contributed by atoms with Crippen LogP contribution < -0.4 is 4.74 Å². The number of aromatic nitrogens is 1.